The molecule has 0 saturated carbocycles. The molecule has 0 aliphatic carbocycles. The van der Waals surface area contributed by atoms with Crippen molar-refractivity contribution in [2.24, 2.45) is 11.7 Å². The maximum atomic E-state index is 7.51. The summed E-state index contributed by atoms with van der Waals surface area (Å²) in [6.07, 6.45) is 5.56. The molecule has 102 valence electrons. The number of hydrogen-bond acceptors (Lipinski definition) is 2. The number of allylic oxidation sites excluding steroid dienone is 1. The zero-order valence-electron chi connectivity index (χ0n) is 11.1. The lowest BCUT2D eigenvalue weighted by Gasteiger charge is -2.00. The van der Waals surface area contributed by atoms with Gasteiger partial charge in [-0.25, -0.2) is 0 Å². The Morgan fingerprint density at radius 2 is 2.21 bits per heavy atom. The van der Waals surface area contributed by atoms with E-state index in [1.54, 1.807) is 11.3 Å². The van der Waals surface area contributed by atoms with Gasteiger partial charge in [0.1, 0.15) is 5.84 Å². The van der Waals surface area contributed by atoms with Crippen LogP contribution in [-0.4, -0.2) is 5.84 Å². The summed E-state index contributed by atoms with van der Waals surface area (Å²) in [5.74, 6) is 0.735. The highest BCUT2D eigenvalue weighted by molar-refractivity contribution is 7.20. The van der Waals surface area contributed by atoms with Gasteiger partial charge in [-0.3, -0.25) is 5.41 Å². The van der Waals surface area contributed by atoms with Crippen molar-refractivity contribution in [3.63, 3.8) is 0 Å². The van der Waals surface area contributed by atoms with E-state index in [1.807, 2.05) is 6.07 Å². The Morgan fingerprint density at radius 3 is 2.84 bits per heavy atom. The number of nitrogens with one attached hydrogen (secondary N) is 1. The second kappa shape index (κ2) is 6.73. The van der Waals surface area contributed by atoms with Gasteiger partial charge in [-0.2, -0.15) is 0 Å². The van der Waals surface area contributed by atoms with Crippen molar-refractivity contribution in [2.45, 2.75) is 20.3 Å². The Kier molecular flexibility index (Phi) is 5.58. The van der Waals surface area contributed by atoms with Crippen molar-refractivity contribution in [1.29, 1.82) is 5.41 Å². The molecule has 0 amide bonds. The first-order chi connectivity index (χ1) is 8.61. The summed E-state index contributed by atoms with van der Waals surface area (Å²) in [7, 11) is 0. The molecule has 0 saturated heterocycles. The maximum absolute atomic E-state index is 7.51. The van der Waals surface area contributed by atoms with E-state index in [2.05, 4.69) is 44.2 Å². The third-order valence-corrected chi connectivity index (χ3v) is 4.24. The predicted octanol–water partition coefficient (Wildman–Crippen LogP) is 4.67. The van der Waals surface area contributed by atoms with Gasteiger partial charge < -0.3 is 5.73 Å². The molecule has 2 rings (SSSR count). The third kappa shape index (κ3) is 3.58. The van der Waals surface area contributed by atoms with Crippen LogP contribution in [0.15, 0.2) is 30.3 Å². The van der Waals surface area contributed by atoms with Crippen molar-refractivity contribution >= 4 is 45.7 Å². The fourth-order valence-corrected chi connectivity index (χ4v) is 2.72. The molecule has 1 atom stereocenters. The molecule has 1 heterocycles. The summed E-state index contributed by atoms with van der Waals surface area (Å²) in [6.45, 7) is 4.40. The number of nitrogen functional groups attached to an aromatic ring is 1. The zero-order valence-corrected chi connectivity index (χ0v) is 12.8. The van der Waals surface area contributed by atoms with Crippen LogP contribution in [-0.2, 0) is 0 Å². The number of halogens is 1. The highest BCUT2D eigenvalue weighted by Gasteiger charge is 2.06. The van der Waals surface area contributed by atoms with Crippen LogP contribution in [0.5, 0.6) is 0 Å². The van der Waals surface area contributed by atoms with Crippen LogP contribution in [0.1, 0.15) is 30.7 Å². The Labute approximate surface area is 124 Å². The summed E-state index contributed by atoms with van der Waals surface area (Å²) in [5, 5.41) is 8.70. The number of benzene rings is 1. The lowest BCUT2D eigenvalue weighted by atomic mass is 10.0. The van der Waals surface area contributed by atoms with E-state index < -0.39 is 0 Å². The smallest absolute Gasteiger partial charge is 0.133 e. The summed E-state index contributed by atoms with van der Waals surface area (Å²) >= 11 is 1.58. The molecule has 19 heavy (non-hydrogen) atoms. The molecule has 0 fully saturated rings. The van der Waals surface area contributed by atoms with E-state index in [0.29, 0.717) is 5.92 Å². The molecule has 0 aliphatic rings. The molecule has 1 unspecified atom stereocenters. The van der Waals surface area contributed by atoms with Crippen LogP contribution < -0.4 is 5.73 Å². The van der Waals surface area contributed by atoms with Crippen molar-refractivity contribution in [2.75, 3.05) is 0 Å². The first-order valence-corrected chi connectivity index (χ1v) is 6.98. The molecule has 4 heteroatoms. The minimum absolute atomic E-state index is 0. The quantitative estimate of drug-likeness (QED) is 0.625. The largest absolute Gasteiger partial charge is 0.383 e. The van der Waals surface area contributed by atoms with E-state index in [0.717, 1.165) is 11.3 Å². The molecule has 1 aromatic heterocycles. The van der Waals surface area contributed by atoms with Crippen LogP contribution >= 0.6 is 23.7 Å². The Balaban J connectivity index is 0.00000180. The fraction of sp³-hybridized carbons (Fsp3) is 0.267. The van der Waals surface area contributed by atoms with E-state index >= 15 is 0 Å². The Hall–Kier alpha value is -1.32. The van der Waals surface area contributed by atoms with E-state index in [4.69, 9.17) is 11.1 Å². The predicted molar refractivity (Wildman–Crippen MR) is 88.6 cm³/mol. The first-order valence-electron chi connectivity index (χ1n) is 6.17. The molecular formula is C15H19ClN2S. The van der Waals surface area contributed by atoms with Gasteiger partial charge in [0, 0.05) is 10.1 Å². The highest BCUT2D eigenvalue weighted by Crippen LogP contribution is 2.29. The molecule has 0 bridgehead atoms. The van der Waals surface area contributed by atoms with Gasteiger partial charge in [0.2, 0.25) is 0 Å². The summed E-state index contributed by atoms with van der Waals surface area (Å²) in [5.41, 5.74) is 6.75. The van der Waals surface area contributed by atoms with Crippen LogP contribution in [0.2, 0.25) is 0 Å². The van der Waals surface area contributed by atoms with Crippen LogP contribution in [0.3, 0.4) is 0 Å². The number of nitrogens with two attached hydrogens (primary N) is 1. The summed E-state index contributed by atoms with van der Waals surface area (Å²) in [4.78, 5) is 0.842. The molecule has 0 aliphatic heterocycles. The van der Waals surface area contributed by atoms with Gasteiger partial charge in [0.15, 0.2) is 0 Å². The number of rotatable bonds is 4. The monoisotopic (exact) mass is 294 g/mol. The number of thiophene rings is 1. The fourth-order valence-electron chi connectivity index (χ4n) is 1.77. The SMILES string of the molecule is CCC(C)/C=C/c1cccc2sc(C(=N)N)cc12.Cl. The van der Waals surface area contributed by atoms with Gasteiger partial charge in [-0.05, 0) is 23.6 Å². The summed E-state index contributed by atoms with van der Waals surface area (Å²) < 4.78 is 1.19. The molecule has 0 spiro atoms. The highest BCUT2D eigenvalue weighted by atomic mass is 35.5. The molecule has 3 N–H and O–H groups in total. The normalized spacial score (nSPS) is 12.5. The summed E-state index contributed by atoms with van der Waals surface area (Å²) in [6, 6.07) is 8.25. The lowest BCUT2D eigenvalue weighted by Crippen LogP contribution is -2.08. The maximum Gasteiger partial charge on any atom is 0.133 e. The number of hydrogen-bond donors (Lipinski definition) is 2. The molecule has 1 aromatic carbocycles. The Bertz CT molecular complexity index is 601. The van der Waals surface area contributed by atoms with Crippen molar-refractivity contribution < 1.29 is 0 Å². The third-order valence-electron chi connectivity index (χ3n) is 3.11. The van der Waals surface area contributed by atoms with Crippen molar-refractivity contribution in [1.82, 2.24) is 0 Å². The second-order valence-corrected chi connectivity index (χ2v) is 5.61. The average Bonchev–Trinajstić information content (AvgIpc) is 2.80. The van der Waals surface area contributed by atoms with Crippen LogP contribution in [0, 0.1) is 11.3 Å². The second-order valence-electron chi connectivity index (χ2n) is 4.53. The number of fused-ring (bicyclic) bond motifs is 1. The molecule has 2 nitrogen and oxygen atoms in total. The van der Waals surface area contributed by atoms with Gasteiger partial charge in [-0.15, -0.1) is 23.7 Å². The van der Waals surface area contributed by atoms with Gasteiger partial charge in [0.05, 0.1) is 4.88 Å². The zero-order chi connectivity index (χ0) is 13.1. The minimum Gasteiger partial charge on any atom is -0.383 e. The van der Waals surface area contributed by atoms with Crippen LogP contribution in [0.4, 0.5) is 0 Å². The lowest BCUT2D eigenvalue weighted by molar-refractivity contribution is 0.701. The average molecular weight is 295 g/mol. The molecule has 0 radical (unpaired) electrons. The van der Waals surface area contributed by atoms with Crippen LogP contribution in [0.25, 0.3) is 16.2 Å². The van der Waals surface area contributed by atoms with E-state index in [9.17, 15) is 0 Å². The molecule has 2 aromatic rings. The Morgan fingerprint density at radius 1 is 1.47 bits per heavy atom. The van der Waals surface area contributed by atoms with Gasteiger partial charge >= 0.3 is 0 Å². The number of amidine groups is 1. The molecular weight excluding hydrogens is 276 g/mol. The van der Waals surface area contributed by atoms with E-state index in [1.165, 1.54) is 15.6 Å². The van der Waals surface area contributed by atoms with Crippen molar-refractivity contribution in [3.05, 3.63) is 40.8 Å². The van der Waals surface area contributed by atoms with Gasteiger partial charge in [0.25, 0.3) is 0 Å². The van der Waals surface area contributed by atoms with Crippen molar-refractivity contribution in [3.8, 4) is 0 Å². The first kappa shape index (κ1) is 15.7. The minimum atomic E-state index is 0. The van der Waals surface area contributed by atoms with Gasteiger partial charge in [-0.1, -0.05) is 44.6 Å². The standard InChI is InChI=1S/C15H18N2S.ClH/c1-3-10(2)7-8-11-5-4-6-13-12(11)9-14(18-13)15(16)17;/h4-10H,3H2,1-2H3,(H3,16,17);1H/b8-7+;. The van der Waals surface area contributed by atoms with E-state index in [-0.39, 0.29) is 18.2 Å². The topological polar surface area (TPSA) is 49.9 Å².